The Hall–Kier alpha value is -0.0800. The molecule has 1 N–H and O–H groups in total. The van der Waals surface area contributed by atoms with Gasteiger partial charge in [-0.2, -0.15) is 0 Å². The van der Waals surface area contributed by atoms with E-state index in [9.17, 15) is 0 Å². The summed E-state index contributed by atoms with van der Waals surface area (Å²) in [5.41, 5.74) is 1.11. The summed E-state index contributed by atoms with van der Waals surface area (Å²) in [5.74, 6) is 0. The van der Waals surface area contributed by atoms with Gasteiger partial charge in [0.1, 0.15) is 0 Å². The van der Waals surface area contributed by atoms with E-state index in [1.165, 1.54) is 32.2 Å². The number of rotatable bonds is 5. The minimum absolute atomic E-state index is 0.213. The average Bonchev–Trinajstić information content (AvgIpc) is 2.25. The highest BCUT2D eigenvalue weighted by molar-refractivity contribution is 4.86. The second-order valence-electron chi connectivity index (χ2n) is 9.58. The molecule has 2 heteroatoms. The Balaban J connectivity index is 2.42. The molecule has 0 saturated heterocycles. The Morgan fingerprint density at radius 1 is 1.05 bits per heavy atom. The Morgan fingerprint density at radius 2 is 1.55 bits per heavy atom. The summed E-state index contributed by atoms with van der Waals surface area (Å²) < 4.78 is 0. The van der Waals surface area contributed by atoms with Crippen molar-refractivity contribution < 1.29 is 0 Å². The van der Waals surface area contributed by atoms with Crippen LogP contribution in [0, 0.1) is 10.8 Å². The molecule has 0 bridgehead atoms. The summed E-state index contributed by atoms with van der Waals surface area (Å²) in [6.45, 7) is 18.6. The third kappa shape index (κ3) is 6.58. The number of hydrogen-bond donors (Lipinski definition) is 1. The van der Waals surface area contributed by atoms with Crippen LogP contribution < -0.4 is 5.32 Å². The standard InChI is InChI=1S/C18H38N2/c1-16(2,3)19-13-18(6,7)14-20(8)15-9-11-17(4,5)12-10-15/h15,19H,9-14H2,1-8H3. The molecule has 0 amide bonds. The first kappa shape index (κ1) is 18.0. The Labute approximate surface area is 127 Å². The number of nitrogens with one attached hydrogen (secondary N) is 1. The zero-order chi connectivity index (χ0) is 15.6. The van der Waals surface area contributed by atoms with Gasteiger partial charge in [0.05, 0.1) is 0 Å². The summed E-state index contributed by atoms with van der Waals surface area (Å²) in [5, 5.41) is 3.66. The van der Waals surface area contributed by atoms with E-state index in [0.29, 0.717) is 10.8 Å². The topological polar surface area (TPSA) is 15.3 Å². The molecule has 0 unspecified atom stereocenters. The van der Waals surface area contributed by atoms with Crippen LogP contribution in [0.15, 0.2) is 0 Å². The molecule has 0 heterocycles. The van der Waals surface area contributed by atoms with Crippen LogP contribution in [0.2, 0.25) is 0 Å². The lowest BCUT2D eigenvalue weighted by atomic mass is 9.75. The van der Waals surface area contributed by atoms with Crippen LogP contribution in [-0.2, 0) is 0 Å². The largest absolute Gasteiger partial charge is 0.311 e. The predicted octanol–water partition coefficient (Wildman–Crippen LogP) is 4.30. The van der Waals surface area contributed by atoms with Gasteiger partial charge < -0.3 is 10.2 Å². The fourth-order valence-electron chi connectivity index (χ4n) is 3.19. The summed E-state index contributed by atoms with van der Waals surface area (Å²) in [7, 11) is 2.32. The fraction of sp³-hybridized carbons (Fsp3) is 1.00. The first-order valence-electron chi connectivity index (χ1n) is 8.36. The normalized spacial score (nSPS) is 21.4. The molecule has 0 spiro atoms. The molecule has 0 atom stereocenters. The van der Waals surface area contributed by atoms with Crippen molar-refractivity contribution in [1.82, 2.24) is 10.2 Å². The molecule has 0 aliphatic heterocycles. The Morgan fingerprint density at radius 3 is 2.00 bits per heavy atom. The van der Waals surface area contributed by atoms with Gasteiger partial charge in [-0.25, -0.2) is 0 Å². The molecular weight excluding hydrogens is 244 g/mol. The molecule has 1 aliphatic carbocycles. The molecule has 1 fully saturated rings. The molecular formula is C18H38N2. The van der Waals surface area contributed by atoms with Gasteiger partial charge in [-0.15, -0.1) is 0 Å². The Kier molecular flexibility index (Phi) is 5.71. The van der Waals surface area contributed by atoms with E-state index in [4.69, 9.17) is 0 Å². The first-order chi connectivity index (χ1) is 8.90. The SMILES string of the molecule is CN(CC(C)(C)CNC(C)(C)C)C1CCC(C)(C)CC1. The van der Waals surface area contributed by atoms with Gasteiger partial charge >= 0.3 is 0 Å². The molecule has 120 valence electrons. The van der Waals surface area contributed by atoms with Crippen LogP contribution in [0.25, 0.3) is 0 Å². The third-order valence-corrected chi connectivity index (χ3v) is 4.71. The summed E-state index contributed by atoms with van der Waals surface area (Å²) in [6.07, 6.45) is 5.49. The zero-order valence-corrected chi connectivity index (χ0v) is 15.3. The lowest BCUT2D eigenvalue weighted by Gasteiger charge is -2.42. The predicted molar refractivity (Wildman–Crippen MR) is 90.2 cm³/mol. The van der Waals surface area contributed by atoms with E-state index in [2.05, 4.69) is 65.7 Å². The van der Waals surface area contributed by atoms with Gasteiger partial charge in [-0.05, 0) is 64.3 Å². The van der Waals surface area contributed by atoms with Crippen molar-refractivity contribution in [2.24, 2.45) is 10.8 Å². The van der Waals surface area contributed by atoms with Crippen LogP contribution in [0.1, 0.15) is 74.1 Å². The van der Waals surface area contributed by atoms with Crippen molar-refractivity contribution in [3.05, 3.63) is 0 Å². The van der Waals surface area contributed by atoms with Crippen molar-refractivity contribution in [3.63, 3.8) is 0 Å². The van der Waals surface area contributed by atoms with Gasteiger partial charge in [0.15, 0.2) is 0 Å². The summed E-state index contributed by atoms with van der Waals surface area (Å²) >= 11 is 0. The van der Waals surface area contributed by atoms with Gasteiger partial charge in [0.25, 0.3) is 0 Å². The highest BCUT2D eigenvalue weighted by atomic mass is 15.1. The van der Waals surface area contributed by atoms with Gasteiger partial charge in [-0.3, -0.25) is 0 Å². The van der Waals surface area contributed by atoms with Crippen LogP contribution in [0.5, 0.6) is 0 Å². The van der Waals surface area contributed by atoms with E-state index in [-0.39, 0.29) is 5.54 Å². The molecule has 1 rings (SSSR count). The lowest BCUT2D eigenvalue weighted by molar-refractivity contribution is 0.0925. The second kappa shape index (κ2) is 6.36. The number of nitrogens with zero attached hydrogens (tertiary/aromatic N) is 1. The molecule has 20 heavy (non-hydrogen) atoms. The van der Waals surface area contributed by atoms with Crippen molar-refractivity contribution in [2.45, 2.75) is 85.7 Å². The fourth-order valence-corrected chi connectivity index (χ4v) is 3.19. The molecule has 2 nitrogen and oxygen atoms in total. The van der Waals surface area contributed by atoms with Gasteiger partial charge in [0, 0.05) is 24.7 Å². The minimum Gasteiger partial charge on any atom is -0.311 e. The maximum Gasteiger partial charge on any atom is 0.00967 e. The minimum atomic E-state index is 0.213. The maximum atomic E-state index is 3.66. The summed E-state index contributed by atoms with van der Waals surface area (Å²) in [6, 6.07) is 0.789. The van der Waals surface area contributed by atoms with E-state index < -0.39 is 0 Å². The molecule has 1 aliphatic rings. The highest BCUT2D eigenvalue weighted by Crippen LogP contribution is 2.37. The van der Waals surface area contributed by atoms with Crippen LogP contribution >= 0.6 is 0 Å². The van der Waals surface area contributed by atoms with Gasteiger partial charge in [0.2, 0.25) is 0 Å². The van der Waals surface area contributed by atoms with Gasteiger partial charge in [-0.1, -0.05) is 27.7 Å². The van der Waals surface area contributed by atoms with Crippen molar-refractivity contribution in [3.8, 4) is 0 Å². The quantitative estimate of drug-likeness (QED) is 0.808. The number of hydrogen-bond acceptors (Lipinski definition) is 2. The van der Waals surface area contributed by atoms with E-state index >= 15 is 0 Å². The lowest BCUT2D eigenvalue weighted by Crippen LogP contribution is -2.48. The van der Waals surface area contributed by atoms with Crippen LogP contribution in [0.3, 0.4) is 0 Å². The van der Waals surface area contributed by atoms with E-state index in [1.807, 2.05) is 0 Å². The molecule has 1 saturated carbocycles. The Bertz CT molecular complexity index is 289. The highest BCUT2D eigenvalue weighted by Gasteiger charge is 2.31. The molecule has 0 aromatic rings. The van der Waals surface area contributed by atoms with E-state index in [0.717, 1.165) is 12.6 Å². The van der Waals surface area contributed by atoms with E-state index in [1.54, 1.807) is 0 Å². The monoisotopic (exact) mass is 282 g/mol. The molecule has 0 aromatic carbocycles. The first-order valence-corrected chi connectivity index (χ1v) is 8.36. The third-order valence-electron chi connectivity index (χ3n) is 4.71. The van der Waals surface area contributed by atoms with Crippen molar-refractivity contribution in [2.75, 3.05) is 20.1 Å². The second-order valence-corrected chi connectivity index (χ2v) is 9.58. The van der Waals surface area contributed by atoms with Crippen LogP contribution in [-0.4, -0.2) is 36.6 Å². The molecule has 0 radical (unpaired) electrons. The van der Waals surface area contributed by atoms with Crippen molar-refractivity contribution in [1.29, 1.82) is 0 Å². The van der Waals surface area contributed by atoms with Crippen LogP contribution in [0.4, 0.5) is 0 Å². The smallest absolute Gasteiger partial charge is 0.00967 e. The van der Waals surface area contributed by atoms with Crippen molar-refractivity contribution >= 4 is 0 Å². The molecule has 0 aromatic heterocycles. The maximum absolute atomic E-state index is 3.66. The average molecular weight is 283 g/mol. The summed E-state index contributed by atoms with van der Waals surface area (Å²) in [4.78, 5) is 2.61. The zero-order valence-electron chi connectivity index (χ0n) is 15.3.